The minimum atomic E-state index is 0.0300. The molecular weight excluding hydrogens is 166 g/mol. The Morgan fingerprint density at radius 3 is 2.54 bits per heavy atom. The minimum Gasteiger partial charge on any atom is -0.309 e. The molecule has 1 aliphatic heterocycles. The highest BCUT2D eigenvalue weighted by Gasteiger charge is 2.22. The molecule has 1 amide bonds. The molecule has 1 heterocycles. The molecule has 13 heavy (non-hydrogen) atoms. The summed E-state index contributed by atoms with van der Waals surface area (Å²) in [5, 5.41) is 0. The van der Waals surface area contributed by atoms with Gasteiger partial charge in [0.15, 0.2) is 0 Å². The molecule has 0 unspecified atom stereocenters. The van der Waals surface area contributed by atoms with Crippen LogP contribution in [0.1, 0.15) is 33.6 Å². The highest BCUT2D eigenvalue weighted by Crippen LogP contribution is 2.21. The molecule has 0 aromatic heterocycles. The summed E-state index contributed by atoms with van der Waals surface area (Å²) in [4.78, 5) is 23.9. The molecule has 3 heteroatoms. The average molecular weight is 181 g/mol. The van der Waals surface area contributed by atoms with Crippen LogP contribution in [0.2, 0.25) is 0 Å². The fraction of sp³-hybridized carbons (Fsp3) is 0.600. The Hall–Kier alpha value is -1.12. The van der Waals surface area contributed by atoms with Crippen molar-refractivity contribution >= 4 is 11.7 Å². The average Bonchev–Trinajstić information content (AvgIpc) is 2.05. The van der Waals surface area contributed by atoms with E-state index in [1.165, 1.54) is 12.5 Å². The molecule has 0 aromatic carbocycles. The summed E-state index contributed by atoms with van der Waals surface area (Å²) in [5.74, 6) is 0.0979. The number of rotatable bonds is 2. The molecule has 0 saturated heterocycles. The standard InChI is InChI=1S/C10H15NO2/c1-7-4-5-10(13)11(9(7)3)6-8(2)12/h4-6H2,1-3H3. The third kappa shape index (κ3) is 2.17. The summed E-state index contributed by atoms with van der Waals surface area (Å²) in [5.41, 5.74) is 2.16. The Kier molecular flexibility index (Phi) is 2.86. The van der Waals surface area contributed by atoms with E-state index in [4.69, 9.17) is 0 Å². The van der Waals surface area contributed by atoms with Crippen molar-refractivity contribution in [3.8, 4) is 0 Å². The fourth-order valence-electron chi connectivity index (χ4n) is 1.46. The largest absolute Gasteiger partial charge is 0.309 e. The van der Waals surface area contributed by atoms with Crippen molar-refractivity contribution < 1.29 is 9.59 Å². The van der Waals surface area contributed by atoms with Gasteiger partial charge in [0.05, 0.1) is 6.54 Å². The van der Waals surface area contributed by atoms with Crippen LogP contribution in [0.4, 0.5) is 0 Å². The number of hydrogen-bond acceptors (Lipinski definition) is 2. The monoisotopic (exact) mass is 181 g/mol. The zero-order chi connectivity index (χ0) is 10.0. The molecule has 0 saturated carbocycles. The smallest absolute Gasteiger partial charge is 0.227 e. The van der Waals surface area contributed by atoms with Crippen molar-refractivity contribution in [1.29, 1.82) is 0 Å². The van der Waals surface area contributed by atoms with E-state index < -0.39 is 0 Å². The van der Waals surface area contributed by atoms with Crippen LogP contribution in [-0.4, -0.2) is 23.1 Å². The van der Waals surface area contributed by atoms with E-state index in [1.807, 2.05) is 13.8 Å². The quantitative estimate of drug-likeness (QED) is 0.647. The molecule has 0 bridgehead atoms. The van der Waals surface area contributed by atoms with Gasteiger partial charge in [-0.05, 0) is 27.2 Å². The van der Waals surface area contributed by atoms with E-state index in [0.717, 1.165) is 12.1 Å². The van der Waals surface area contributed by atoms with Gasteiger partial charge in [0.2, 0.25) is 5.91 Å². The van der Waals surface area contributed by atoms with Crippen LogP contribution in [0.5, 0.6) is 0 Å². The molecule has 0 atom stereocenters. The lowest BCUT2D eigenvalue weighted by atomic mass is 10.0. The van der Waals surface area contributed by atoms with Crippen molar-refractivity contribution in [3.63, 3.8) is 0 Å². The van der Waals surface area contributed by atoms with Gasteiger partial charge in [-0.1, -0.05) is 5.57 Å². The van der Waals surface area contributed by atoms with Gasteiger partial charge in [-0.3, -0.25) is 9.59 Å². The summed E-state index contributed by atoms with van der Waals surface area (Å²) in [7, 11) is 0. The number of amides is 1. The Morgan fingerprint density at radius 1 is 1.38 bits per heavy atom. The van der Waals surface area contributed by atoms with Crippen LogP contribution >= 0.6 is 0 Å². The Bertz CT molecular complexity index is 279. The Labute approximate surface area is 78.4 Å². The van der Waals surface area contributed by atoms with E-state index in [0.29, 0.717) is 6.42 Å². The predicted molar refractivity (Wildman–Crippen MR) is 50.0 cm³/mol. The number of Topliss-reactive ketones (excluding diaryl/α,β-unsaturated/α-hetero) is 1. The first-order valence-corrected chi connectivity index (χ1v) is 4.48. The van der Waals surface area contributed by atoms with Gasteiger partial charge in [-0.25, -0.2) is 0 Å². The van der Waals surface area contributed by atoms with Crippen molar-refractivity contribution in [1.82, 2.24) is 4.90 Å². The van der Waals surface area contributed by atoms with Crippen LogP contribution in [-0.2, 0) is 9.59 Å². The molecule has 0 aromatic rings. The van der Waals surface area contributed by atoms with E-state index in [-0.39, 0.29) is 18.2 Å². The molecule has 0 aliphatic carbocycles. The third-order valence-electron chi connectivity index (χ3n) is 2.42. The highest BCUT2D eigenvalue weighted by molar-refractivity contribution is 5.86. The summed E-state index contributed by atoms with van der Waals surface area (Å²) < 4.78 is 0. The van der Waals surface area contributed by atoms with Gasteiger partial charge in [-0.2, -0.15) is 0 Å². The van der Waals surface area contributed by atoms with Crippen LogP contribution in [0.3, 0.4) is 0 Å². The van der Waals surface area contributed by atoms with Gasteiger partial charge in [0, 0.05) is 12.1 Å². The van der Waals surface area contributed by atoms with Gasteiger partial charge >= 0.3 is 0 Å². The first-order valence-electron chi connectivity index (χ1n) is 4.48. The van der Waals surface area contributed by atoms with Gasteiger partial charge in [-0.15, -0.1) is 0 Å². The lowest BCUT2D eigenvalue weighted by molar-refractivity contribution is -0.133. The molecule has 0 N–H and O–H groups in total. The second-order valence-corrected chi connectivity index (χ2v) is 3.55. The van der Waals surface area contributed by atoms with Crippen LogP contribution in [0.25, 0.3) is 0 Å². The first-order chi connectivity index (χ1) is 6.02. The number of carbonyl (C=O) groups excluding carboxylic acids is 2. The molecule has 0 spiro atoms. The summed E-state index contributed by atoms with van der Waals surface area (Å²) in [6.45, 7) is 5.64. The molecule has 3 nitrogen and oxygen atoms in total. The number of hydrogen-bond donors (Lipinski definition) is 0. The summed E-state index contributed by atoms with van der Waals surface area (Å²) in [6, 6.07) is 0. The summed E-state index contributed by atoms with van der Waals surface area (Å²) >= 11 is 0. The zero-order valence-corrected chi connectivity index (χ0v) is 8.39. The van der Waals surface area contributed by atoms with E-state index in [2.05, 4.69) is 0 Å². The molecular formula is C10H15NO2. The second-order valence-electron chi connectivity index (χ2n) is 3.55. The van der Waals surface area contributed by atoms with Crippen molar-refractivity contribution in [3.05, 3.63) is 11.3 Å². The third-order valence-corrected chi connectivity index (χ3v) is 2.42. The van der Waals surface area contributed by atoms with Crippen molar-refractivity contribution in [2.24, 2.45) is 0 Å². The van der Waals surface area contributed by atoms with Crippen LogP contribution in [0, 0.1) is 0 Å². The second kappa shape index (κ2) is 3.73. The maximum absolute atomic E-state index is 11.4. The Balaban J connectivity index is 2.84. The van der Waals surface area contributed by atoms with Gasteiger partial charge < -0.3 is 4.90 Å². The molecule has 0 fully saturated rings. The zero-order valence-electron chi connectivity index (χ0n) is 8.39. The molecule has 0 radical (unpaired) electrons. The van der Waals surface area contributed by atoms with Crippen molar-refractivity contribution in [2.75, 3.05) is 6.54 Å². The van der Waals surface area contributed by atoms with Crippen molar-refractivity contribution in [2.45, 2.75) is 33.6 Å². The summed E-state index contributed by atoms with van der Waals surface area (Å²) in [6.07, 6.45) is 1.37. The highest BCUT2D eigenvalue weighted by atomic mass is 16.2. The topological polar surface area (TPSA) is 37.4 Å². The van der Waals surface area contributed by atoms with Crippen LogP contribution in [0.15, 0.2) is 11.3 Å². The SMILES string of the molecule is CC(=O)CN1C(=O)CCC(C)=C1C. The lowest BCUT2D eigenvalue weighted by Gasteiger charge is -2.28. The lowest BCUT2D eigenvalue weighted by Crippen LogP contribution is -2.36. The maximum atomic E-state index is 11.4. The number of nitrogens with zero attached hydrogens (tertiary/aromatic N) is 1. The Morgan fingerprint density at radius 2 is 2.00 bits per heavy atom. The molecule has 1 rings (SSSR count). The normalized spacial score (nSPS) is 18.1. The van der Waals surface area contributed by atoms with E-state index >= 15 is 0 Å². The maximum Gasteiger partial charge on any atom is 0.227 e. The van der Waals surface area contributed by atoms with E-state index in [1.54, 1.807) is 4.90 Å². The number of allylic oxidation sites excluding steroid dienone is 2. The number of carbonyl (C=O) groups is 2. The van der Waals surface area contributed by atoms with Crippen LogP contribution < -0.4 is 0 Å². The van der Waals surface area contributed by atoms with Gasteiger partial charge in [0.25, 0.3) is 0 Å². The minimum absolute atomic E-state index is 0.0300. The number of ketones is 1. The van der Waals surface area contributed by atoms with Gasteiger partial charge in [0.1, 0.15) is 5.78 Å². The first kappa shape index (κ1) is 9.96. The molecule has 72 valence electrons. The predicted octanol–water partition coefficient (Wildman–Crippen LogP) is 1.49. The van der Waals surface area contributed by atoms with E-state index in [9.17, 15) is 9.59 Å². The fourth-order valence-corrected chi connectivity index (χ4v) is 1.46. The molecule has 1 aliphatic rings.